The molecule has 91 valence electrons. The summed E-state index contributed by atoms with van der Waals surface area (Å²) in [5, 5.41) is 13.2. The van der Waals surface area contributed by atoms with Gasteiger partial charge < -0.3 is 5.73 Å². The van der Waals surface area contributed by atoms with Crippen LogP contribution in [0.3, 0.4) is 0 Å². The predicted octanol–water partition coefficient (Wildman–Crippen LogP) is 0.707. The second kappa shape index (κ2) is 3.24. The number of carbonyl (C=O) groups excluding carboxylic acids is 1. The molecule has 0 fully saturated rings. The van der Waals surface area contributed by atoms with Crippen LogP contribution in [-0.2, 0) is 16.3 Å². The van der Waals surface area contributed by atoms with E-state index in [-0.39, 0.29) is 5.69 Å². The van der Waals surface area contributed by atoms with Gasteiger partial charge >= 0.3 is 0 Å². The molecule has 0 atom stereocenters. The molecule has 6 heteroatoms. The summed E-state index contributed by atoms with van der Waals surface area (Å²) in [7, 11) is 0. The van der Waals surface area contributed by atoms with Crippen molar-refractivity contribution in [1.82, 2.24) is 15.0 Å². The lowest BCUT2D eigenvalue weighted by atomic mass is 10.0. The molecule has 0 saturated carbocycles. The third-order valence-corrected chi connectivity index (χ3v) is 3.20. The topological polar surface area (TPSA) is 92.0 Å². The van der Waals surface area contributed by atoms with Crippen LogP contribution in [-0.4, -0.2) is 20.9 Å². The second-order valence-electron chi connectivity index (χ2n) is 5.23. The van der Waals surface area contributed by atoms with Gasteiger partial charge in [-0.1, -0.05) is 0 Å². The van der Waals surface area contributed by atoms with Crippen LogP contribution in [0.25, 0.3) is 0 Å². The number of aromatic nitrogens is 2. The average Bonchev–Trinajstić information content (AvgIpc) is 2.38. The lowest BCUT2D eigenvalue weighted by Gasteiger charge is -2.31. The van der Waals surface area contributed by atoms with Crippen molar-refractivity contribution < 1.29 is 10.0 Å². The zero-order valence-electron chi connectivity index (χ0n) is 10.3. The number of fused-ring (bicyclic) bond motifs is 1. The maximum Gasteiger partial charge on any atom is 0.268 e. The number of rotatable bonds is 1. The molecule has 2 rings (SSSR count). The molecule has 2 heterocycles. The summed E-state index contributed by atoms with van der Waals surface area (Å²) >= 11 is 0. The largest absolute Gasteiger partial charge is 0.364 e. The summed E-state index contributed by atoms with van der Waals surface area (Å²) in [4.78, 5) is 19.4. The molecule has 0 aromatic carbocycles. The Bertz CT molecular complexity index is 496. The zero-order valence-corrected chi connectivity index (χ0v) is 10.3. The van der Waals surface area contributed by atoms with E-state index in [9.17, 15) is 10.0 Å². The van der Waals surface area contributed by atoms with Crippen molar-refractivity contribution >= 4 is 5.91 Å². The van der Waals surface area contributed by atoms with Gasteiger partial charge in [-0.2, -0.15) is 0 Å². The fraction of sp³-hybridized carbons (Fsp3) is 0.545. The Morgan fingerprint density at radius 2 is 1.76 bits per heavy atom. The molecule has 1 amide bonds. The average molecular weight is 235 g/mol. The molecule has 1 aromatic heterocycles. The standard InChI is InChI=1S/C11H15N4O2/c1-10(2)7-8(11(3,4)15(10)17)14-6(5-13-7)9(12)16/h5H,1-4H3,(H2,12,16). The molecule has 2 N–H and O–H groups in total. The van der Waals surface area contributed by atoms with Crippen LogP contribution in [0.1, 0.15) is 49.6 Å². The fourth-order valence-corrected chi connectivity index (χ4v) is 2.27. The summed E-state index contributed by atoms with van der Waals surface area (Å²) < 4.78 is 0. The maximum atomic E-state index is 12.2. The highest BCUT2D eigenvalue weighted by molar-refractivity contribution is 5.90. The number of hydrogen-bond acceptors (Lipinski definition) is 4. The first-order valence-electron chi connectivity index (χ1n) is 5.34. The number of carbonyl (C=O) groups is 1. The minimum Gasteiger partial charge on any atom is -0.364 e. The van der Waals surface area contributed by atoms with E-state index in [4.69, 9.17) is 5.73 Å². The minimum absolute atomic E-state index is 0.0860. The molecular weight excluding hydrogens is 220 g/mol. The molecule has 0 spiro atoms. The van der Waals surface area contributed by atoms with Gasteiger partial charge in [0.1, 0.15) is 5.69 Å². The molecular formula is C11H15N4O2. The zero-order chi connectivity index (χ0) is 13.0. The highest BCUT2D eigenvalue weighted by Crippen LogP contribution is 2.46. The molecule has 0 bridgehead atoms. The van der Waals surface area contributed by atoms with E-state index >= 15 is 0 Å². The molecule has 6 nitrogen and oxygen atoms in total. The van der Waals surface area contributed by atoms with Crippen LogP contribution in [0.15, 0.2) is 6.20 Å². The van der Waals surface area contributed by atoms with E-state index < -0.39 is 17.0 Å². The van der Waals surface area contributed by atoms with Gasteiger partial charge in [0.2, 0.25) is 0 Å². The van der Waals surface area contributed by atoms with Gasteiger partial charge in [0, 0.05) is 0 Å². The number of nitrogens with zero attached hydrogens (tertiary/aromatic N) is 3. The van der Waals surface area contributed by atoms with Gasteiger partial charge in [0.05, 0.1) is 28.7 Å². The number of hydroxylamine groups is 2. The molecule has 0 unspecified atom stereocenters. The van der Waals surface area contributed by atoms with Crippen molar-refractivity contribution in [2.75, 3.05) is 0 Å². The second-order valence-corrected chi connectivity index (χ2v) is 5.23. The van der Waals surface area contributed by atoms with Gasteiger partial charge in [0.15, 0.2) is 0 Å². The van der Waals surface area contributed by atoms with E-state index in [1.807, 2.05) is 0 Å². The molecule has 1 aliphatic heterocycles. The van der Waals surface area contributed by atoms with E-state index in [2.05, 4.69) is 9.97 Å². The Balaban J connectivity index is 2.68. The third kappa shape index (κ3) is 1.44. The Morgan fingerprint density at radius 1 is 1.24 bits per heavy atom. The van der Waals surface area contributed by atoms with E-state index in [0.717, 1.165) is 5.06 Å². The molecule has 1 radical (unpaired) electrons. The van der Waals surface area contributed by atoms with Gasteiger partial charge in [0.25, 0.3) is 5.91 Å². The molecule has 1 aromatic rings. The Hall–Kier alpha value is -1.53. The highest BCUT2D eigenvalue weighted by Gasteiger charge is 2.52. The van der Waals surface area contributed by atoms with Crippen molar-refractivity contribution in [3.8, 4) is 0 Å². The van der Waals surface area contributed by atoms with Crippen molar-refractivity contribution in [1.29, 1.82) is 0 Å². The van der Waals surface area contributed by atoms with Crippen LogP contribution in [0.2, 0.25) is 0 Å². The van der Waals surface area contributed by atoms with Gasteiger partial charge in [-0.25, -0.2) is 4.98 Å². The van der Waals surface area contributed by atoms with Crippen LogP contribution in [0.4, 0.5) is 0 Å². The first-order valence-corrected chi connectivity index (χ1v) is 5.34. The predicted molar refractivity (Wildman–Crippen MR) is 59.1 cm³/mol. The van der Waals surface area contributed by atoms with Crippen LogP contribution >= 0.6 is 0 Å². The van der Waals surface area contributed by atoms with E-state index in [1.54, 1.807) is 27.7 Å². The van der Waals surface area contributed by atoms with E-state index in [1.165, 1.54) is 6.20 Å². The summed E-state index contributed by atoms with van der Waals surface area (Å²) in [5.74, 6) is -0.641. The van der Waals surface area contributed by atoms with Crippen LogP contribution in [0, 0.1) is 0 Å². The van der Waals surface area contributed by atoms with Crippen molar-refractivity contribution in [2.24, 2.45) is 5.73 Å². The molecule has 1 aliphatic rings. The van der Waals surface area contributed by atoms with Gasteiger partial charge in [-0.15, -0.1) is 10.3 Å². The Morgan fingerprint density at radius 3 is 2.29 bits per heavy atom. The first kappa shape index (κ1) is 11.9. The number of primary amides is 1. The van der Waals surface area contributed by atoms with Crippen LogP contribution in [0.5, 0.6) is 0 Å². The third-order valence-electron chi connectivity index (χ3n) is 3.20. The van der Waals surface area contributed by atoms with Crippen LogP contribution < -0.4 is 5.73 Å². The highest BCUT2D eigenvalue weighted by atomic mass is 16.5. The molecule has 0 aliphatic carbocycles. The van der Waals surface area contributed by atoms with Gasteiger partial charge in [-0.05, 0) is 27.7 Å². The Labute approximate surface area is 99.4 Å². The molecule has 0 saturated heterocycles. The van der Waals surface area contributed by atoms with Crippen molar-refractivity contribution in [2.45, 2.75) is 38.8 Å². The van der Waals surface area contributed by atoms with E-state index in [0.29, 0.717) is 11.4 Å². The summed E-state index contributed by atoms with van der Waals surface area (Å²) in [6.45, 7) is 7.08. The monoisotopic (exact) mass is 235 g/mol. The minimum atomic E-state index is -0.808. The number of hydrogen-bond donors (Lipinski definition) is 1. The quantitative estimate of drug-likeness (QED) is 0.775. The normalized spacial score (nSPS) is 21.2. The summed E-state index contributed by atoms with van der Waals surface area (Å²) in [6, 6.07) is 0. The van der Waals surface area contributed by atoms with Gasteiger partial charge in [-0.3, -0.25) is 9.78 Å². The fourth-order valence-electron chi connectivity index (χ4n) is 2.27. The van der Waals surface area contributed by atoms with Crippen molar-refractivity contribution in [3.63, 3.8) is 0 Å². The Kier molecular flexibility index (Phi) is 2.28. The lowest BCUT2D eigenvalue weighted by Crippen LogP contribution is -2.41. The summed E-state index contributed by atoms with van der Waals surface area (Å²) in [5.41, 5.74) is 4.82. The maximum absolute atomic E-state index is 12.2. The summed E-state index contributed by atoms with van der Waals surface area (Å²) in [6.07, 6.45) is 1.32. The van der Waals surface area contributed by atoms with Crippen molar-refractivity contribution in [3.05, 3.63) is 23.3 Å². The number of amides is 1. The first-order chi connectivity index (χ1) is 7.69. The smallest absolute Gasteiger partial charge is 0.268 e. The molecule has 17 heavy (non-hydrogen) atoms. The SMILES string of the molecule is CC1(C)c2ncc(C(N)=O)nc2C(C)(C)N1[O]. The number of nitrogens with two attached hydrogens (primary N) is 1. The lowest BCUT2D eigenvalue weighted by molar-refractivity contribution is -0.267.